The van der Waals surface area contributed by atoms with Crippen LogP contribution in [-0.4, -0.2) is 47.9 Å². The predicted molar refractivity (Wildman–Crippen MR) is 102 cm³/mol. The van der Waals surface area contributed by atoms with Gasteiger partial charge < -0.3 is 14.5 Å². The van der Waals surface area contributed by atoms with Crippen LogP contribution in [-0.2, 0) is 16.1 Å². The van der Waals surface area contributed by atoms with Crippen LogP contribution in [0.5, 0.6) is 0 Å². The van der Waals surface area contributed by atoms with Gasteiger partial charge in [-0.2, -0.15) is 0 Å². The summed E-state index contributed by atoms with van der Waals surface area (Å²) in [6.07, 6.45) is 0.294. The summed E-state index contributed by atoms with van der Waals surface area (Å²) in [7, 11) is 0. The van der Waals surface area contributed by atoms with Gasteiger partial charge in [0.05, 0.1) is 25.7 Å². The average molecular weight is 364 g/mol. The molecule has 0 N–H and O–H groups in total. The molecule has 5 nitrogen and oxygen atoms in total. The van der Waals surface area contributed by atoms with Crippen molar-refractivity contribution in [3.63, 3.8) is 0 Å². The molecule has 2 aliphatic rings. The molecule has 2 aliphatic heterocycles. The van der Waals surface area contributed by atoms with Gasteiger partial charge in [0.15, 0.2) is 0 Å². The second-order valence-electron chi connectivity index (χ2n) is 7.21. The molecule has 2 aromatic carbocycles. The Morgan fingerprint density at radius 3 is 2.48 bits per heavy atom. The Morgan fingerprint density at radius 2 is 1.78 bits per heavy atom. The minimum absolute atomic E-state index is 0.00551. The fourth-order valence-corrected chi connectivity index (χ4v) is 3.83. The van der Waals surface area contributed by atoms with E-state index in [-0.39, 0.29) is 17.9 Å². The van der Waals surface area contributed by atoms with E-state index in [9.17, 15) is 9.59 Å². The first-order valence-corrected chi connectivity index (χ1v) is 9.44. The quantitative estimate of drug-likeness (QED) is 0.838. The molecule has 1 unspecified atom stereocenters. The van der Waals surface area contributed by atoms with Crippen molar-refractivity contribution in [3.05, 3.63) is 70.8 Å². The Hall–Kier alpha value is -2.66. The number of aryl methyl sites for hydroxylation is 1. The van der Waals surface area contributed by atoms with Crippen LogP contribution < -0.4 is 0 Å². The van der Waals surface area contributed by atoms with Gasteiger partial charge in [0.25, 0.3) is 5.91 Å². The number of fused-ring (bicyclic) bond motifs is 1. The lowest BCUT2D eigenvalue weighted by atomic mass is 10.00. The highest BCUT2D eigenvalue weighted by atomic mass is 16.5. The summed E-state index contributed by atoms with van der Waals surface area (Å²) in [5.41, 5.74) is 3.93. The number of carbonyl (C=O) groups is 2. The lowest BCUT2D eigenvalue weighted by Crippen LogP contribution is -2.42. The molecule has 0 spiro atoms. The lowest BCUT2D eigenvalue weighted by Gasteiger charge is -2.32. The van der Waals surface area contributed by atoms with Crippen LogP contribution in [0, 0.1) is 6.92 Å². The normalized spacial score (nSPS) is 17.7. The number of morpholine rings is 1. The van der Waals surface area contributed by atoms with Crippen molar-refractivity contribution in [1.82, 2.24) is 9.80 Å². The molecule has 0 saturated carbocycles. The maximum absolute atomic E-state index is 13.0. The molecule has 0 radical (unpaired) electrons. The van der Waals surface area contributed by atoms with Crippen LogP contribution in [0.2, 0.25) is 0 Å². The third-order valence-electron chi connectivity index (χ3n) is 5.42. The topological polar surface area (TPSA) is 49.9 Å². The summed E-state index contributed by atoms with van der Waals surface area (Å²) in [6.45, 7) is 4.98. The van der Waals surface area contributed by atoms with Gasteiger partial charge >= 0.3 is 0 Å². The van der Waals surface area contributed by atoms with E-state index in [2.05, 4.69) is 0 Å². The van der Waals surface area contributed by atoms with E-state index in [1.807, 2.05) is 65.3 Å². The number of nitrogens with zero attached hydrogens (tertiary/aromatic N) is 2. The molecule has 0 aliphatic carbocycles. The average Bonchev–Trinajstić information content (AvgIpc) is 3.04. The fraction of sp³-hybridized carbons (Fsp3) is 0.364. The third-order valence-corrected chi connectivity index (χ3v) is 5.42. The number of carbonyl (C=O) groups excluding carboxylic acids is 2. The molecule has 2 aromatic rings. The fourth-order valence-electron chi connectivity index (χ4n) is 3.83. The maximum Gasteiger partial charge on any atom is 0.255 e. The van der Waals surface area contributed by atoms with Gasteiger partial charge in [-0.05, 0) is 24.1 Å². The second kappa shape index (κ2) is 7.53. The van der Waals surface area contributed by atoms with Crippen molar-refractivity contribution in [3.8, 4) is 0 Å². The van der Waals surface area contributed by atoms with E-state index >= 15 is 0 Å². The Kier molecular flexibility index (Phi) is 4.94. The standard InChI is InChI=1S/C22H24N2O3/c1-16-6-8-17(9-7-16)20(14-21(25)23-10-12-27-13-11-23)24-15-18-4-2-3-5-19(18)22(24)26/h2-9,20H,10-15H2,1H3. The van der Waals surface area contributed by atoms with Crippen LogP contribution in [0.25, 0.3) is 0 Å². The number of amides is 2. The number of ether oxygens (including phenoxy) is 1. The summed E-state index contributed by atoms with van der Waals surface area (Å²) < 4.78 is 5.35. The molecule has 2 amide bonds. The SMILES string of the molecule is Cc1ccc(C(CC(=O)N2CCOCC2)N2Cc3ccccc3C2=O)cc1. The highest BCUT2D eigenvalue weighted by Gasteiger charge is 2.35. The molecule has 0 aromatic heterocycles. The lowest BCUT2D eigenvalue weighted by molar-refractivity contribution is -0.136. The van der Waals surface area contributed by atoms with Crippen molar-refractivity contribution in [2.24, 2.45) is 0 Å². The molecular formula is C22H24N2O3. The molecule has 1 fully saturated rings. The molecule has 27 heavy (non-hydrogen) atoms. The summed E-state index contributed by atoms with van der Waals surface area (Å²) >= 11 is 0. The van der Waals surface area contributed by atoms with Crippen LogP contribution >= 0.6 is 0 Å². The molecule has 0 bridgehead atoms. The highest BCUT2D eigenvalue weighted by molar-refractivity contribution is 5.98. The van der Waals surface area contributed by atoms with Crippen LogP contribution in [0.15, 0.2) is 48.5 Å². The summed E-state index contributed by atoms with van der Waals surface area (Å²) in [6, 6.07) is 15.6. The van der Waals surface area contributed by atoms with Crippen molar-refractivity contribution >= 4 is 11.8 Å². The Bertz CT molecular complexity index is 841. The third kappa shape index (κ3) is 3.60. The number of rotatable bonds is 4. The van der Waals surface area contributed by atoms with Gasteiger partial charge in [0, 0.05) is 25.2 Å². The molecule has 2 heterocycles. The Morgan fingerprint density at radius 1 is 1.07 bits per heavy atom. The number of benzene rings is 2. The monoisotopic (exact) mass is 364 g/mol. The zero-order valence-corrected chi connectivity index (χ0v) is 15.6. The van der Waals surface area contributed by atoms with Crippen molar-refractivity contribution in [2.45, 2.75) is 25.9 Å². The van der Waals surface area contributed by atoms with Gasteiger partial charge in [-0.15, -0.1) is 0 Å². The molecule has 1 saturated heterocycles. The predicted octanol–water partition coefficient (Wildman–Crippen LogP) is 2.94. The molecule has 5 heteroatoms. The van der Waals surface area contributed by atoms with Gasteiger partial charge in [0.2, 0.25) is 5.91 Å². The van der Waals surface area contributed by atoms with E-state index in [4.69, 9.17) is 4.74 Å². The van der Waals surface area contributed by atoms with Crippen molar-refractivity contribution in [1.29, 1.82) is 0 Å². The first-order valence-electron chi connectivity index (χ1n) is 9.44. The summed E-state index contributed by atoms with van der Waals surface area (Å²) in [4.78, 5) is 29.6. The van der Waals surface area contributed by atoms with E-state index in [0.29, 0.717) is 39.3 Å². The van der Waals surface area contributed by atoms with Gasteiger partial charge in [-0.25, -0.2) is 0 Å². The van der Waals surface area contributed by atoms with Gasteiger partial charge in [-0.1, -0.05) is 48.0 Å². The highest BCUT2D eigenvalue weighted by Crippen LogP contribution is 2.34. The molecule has 140 valence electrons. The van der Waals surface area contributed by atoms with Crippen LogP contribution in [0.3, 0.4) is 0 Å². The van der Waals surface area contributed by atoms with E-state index < -0.39 is 0 Å². The van der Waals surface area contributed by atoms with Crippen molar-refractivity contribution < 1.29 is 14.3 Å². The van der Waals surface area contributed by atoms with E-state index in [1.165, 1.54) is 0 Å². The first kappa shape index (κ1) is 17.7. The van der Waals surface area contributed by atoms with E-state index in [1.54, 1.807) is 0 Å². The summed E-state index contributed by atoms with van der Waals surface area (Å²) in [5, 5.41) is 0. The smallest absolute Gasteiger partial charge is 0.255 e. The maximum atomic E-state index is 13.0. The van der Waals surface area contributed by atoms with Crippen LogP contribution in [0.4, 0.5) is 0 Å². The summed E-state index contributed by atoms with van der Waals surface area (Å²) in [5.74, 6) is 0.0820. The molecular weight excluding hydrogens is 340 g/mol. The minimum Gasteiger partial charge on any atom is -0.378 e. The molecule has 4 rings (SSSR count). The number of hydrogen-bond acceptors (Lipinski definition) is 3. The largest absolute Gasteiger partial charge is 0.378 e. The first-order chi connectivity index (χ1) is 13.1. The zero-order valence-electron chi connectivity index (χ0n) is 15.6. The Balaban J connectivity index is 1.61. The molecule has 1 atom stereocenters. The Labute approximate surface area is 159 Å². The van der Waals surface area contributed by atoms with Gasteiger partial charge in [-0.3, -0.25) is 9.59 Å². The minimum atomic E-state index is -0.263. The van der Waals surface area contributed by atoms with Crippen molar-refractivity contribution in [2.75, 3.05) is 26.3 Å². The van der Waals surface area contributed by atoms with Crippen LogP contribution in [0.1, 0.15) is 39.5 Å². The van der Waals surface area contributed by atoms with E-state index in [0.717, 1.165) is 22.3 Å². The zero-order chi connectivity index (χ0) is 18.8. The van der Waals surface area contributed by atoms with Gasteiger partial charge in [0.1, 0.15) is 0 Å². The number of hydrogen-bond donors (Lipinski definition) is 0. The second-order valence-corrected chi connectivity index (χ2v) is 7.21.